The Hall–Kier alpha value is -2.61. The molecular weight excluding hydrogens is 288 g/mol. The zero-order valence-corrected chi connectivity index (χ0v) is 12.5. The molecule has 0 aromatic carbocycles. The summed E-state index contributed by atoms with van der Waals surface area (Å²) in [5.41, 5.74) is 6.19. The highest BCUT2D eigenvalue weighted by molar-refractivity contribution is 6.05. The normalized spacial score (nSPS) is 11.0. The molecule has 1 aromatic heterocycles. The van der Waals surface area contributed by atoms with Crippen LogP contribution in [0.4, 0.5) is 5.95 Å². The Morgan fingerprint density at radius 2 is 2.14 bits per heavy atom. The highest BCUT2D eigenvalue weighted by atomic mass is 16.5. The van der Waals surface area contributed by atoms with Gasteiger partial charge in [0.15, 0.2) is 0 Å². The minimum absolute atomic E-state index is 0.0279. The molecule has 0 atom stereocenters. The van der Waals surface area contributed by atoms with Crippen molar-refractivity contribution in [2.45, 2.75) is 20.3 Å². The number of nitrogens with zero attached hydrogens (tertiary/aromatic N) is 2. The van der Waals surface area contributed by atoms with E-state index in [2.05, 4.69) is 15.3 Å². The average molecular weight is 306 g/mol. The van der Waals surface area contributed by atoms with Gasteiger partial charge in [0.25, 0.3) is 5.91 Å². The van der Waals surface area contributed by atoms with E-state index < -0.39 is 11.9 Å². The van der Waals surface area contributed by atoms with E-state index in [1.807, 2.05) is 6.92 Å². The van der Waals surface area contributed by atoms with Crippen molar-refractivity contribution >= 4 is 24.1 Å². The summed E-state index contributed by atoms with van der Waals surface area (Å²) in [6, 6.07) is 0. The number of aryl methyl sites for hydroxylation is 1. The van der Waals surface area contributed by atoms with Crippen molar-refractivity contribution in [3.05, 3.63) is 29.1 Å². The molecule has 8 nitrogen and oxygen atoms in total. The number of carbonyl (C=O) groups is 3. The number of rotatable bonds is 7. The molecule has 0 bridgehead atoms. The van der Waals surface area contributed by atoms with E-state index in [9.17, 15) is 14.4 Å². The molecule has 1 heterocycles. The first-order chi connectivity index (χ1) is 10.6. The van der Waals surface area contributed by atoms with Crippen LogP contribution in [-0.2, 0) is 20.7 Å². The fraction of sp³-hybridized carbons (Fsp3) is 0.357. The number of amides is 1. The standard InChI is InChI=1S/C14H18N4O4/c1-3-11-10(13(21)22-4-2)8-16-14(17-11)18-12(20)9(7-15)5-6-19/h5-6,8H,3-4,7,15H2,1-2H3,(H,16,17,18,20)/b9-5-. The van der Waals surface area contributed by atoms with Gasteiger partial charge < -0.3 is 10.5 Å². The third-order valence-electron chi connectivity index (χ3n) is 2.70. The zero-order valence-electron chi connectivity index (χ0n) is 12.5. The zero-order chi connectivity index (χ0) is 16.5. The second-order valence-corrected chi connectivity index (χ2v) is 4.11. The average Bonchev–Trinajstić information content (AvgIpc) is 2.52. The third-order valence-corrected chi connectivity index (χ3v) is 2.70. The summed E-state index contributed by atoms with van der Waals surface area (Å²) in [4.78, 5) is 42.0. The van der Waals surface area contributed by atoms with E-state index in [1.54, 1.807) is 6.92 Å². The Bertz CT molecular complexity index is 599. The number of esters is 1. The molecule has 8 heteroatoms. The number of hydrogen-bond acceptors (Lipinski definition) is 7. The summed E-state index contributed by atoms with van der Waals surface area (Å²) < 4.78 is 4.91. The Kier molecular flexibility index (Phi) is 6.84. The van der Waals surface area contributed by atoms with Crippen molar-refractivity contribution in [2.75, 3.05) is 18.5 Å². The van der Waals surface area contributed by atoms with Crippen molar-refractivity contribution in [3.8, 4) is 0 Å². The number of aldehydes is 1. The lowest BCUT2D eigenvalue weighted by Gasteiger charge is -2.09. The number of nitrogens with one attached hydrogen (secondary N) is 1. The Morgan fingerprint density at radius 3 is 2.68 bits per heavy atom. The van der Waals surface area contributed by atoms with Crippen LogP contribution < -0.4 is 11.1 Å². The van der Waals surface area contributed by atoms with Gasteiger partial charge in [0, 0.05) is 18.3 Å². The lowest BCUT2D eigenvalue weighted by molar-refractivity contribution is -0.113. The molecule has 22 heavy (non-hydrogen) atoms. The second-order valence-electron chi connectivity index (χ2n) is 4.11. The van der Waals surface area contributed by atoms with Crippen LogP contribution in [0, 0.1) is 0 Å². The minimum atomic E-state index is -0.569. The quantitative estimate of drug-likeness (QED) is 0.420. The van der Waals surface area contributed by atoms with Gasteiger partial charge in [-0.3, -0.25) is 14.9 Å². The molecule has 1 amide bonds. The Morgan fingerprint density at radius 1 is 1.41 bits per heavy atom. The SMILES string of the molecule is CCOC(=O)c1cnc(NC(=O)/C(=C\C=O)CN)nc1CC. The van der Waals surface area contributed by atoms with Gasteiger partial charge in [-0.1, -0.05) is 6.92 Å². The van der Waals surface area contributed by atoms with E-state index in [0.29, 0.717) is 18.4 Å². The van der Waals surface area contributed by atoms with Crippen molar-refractivity contribution in [3.63, 3.8) is 0 Å². The topological polar surface area (TPSA) is 124 Å². The van der Waals surface area contributed by atoms with Gasteiger partial charge in [-0.05, 0) is 19.4 Å². The predicted octanol–water partition coefficient (Wildman–Crippen LogP) is 0.238. The number of nitrogens with two attached hydrogens (primary N) is 1. The molecule has 0 fully saturated rings. The number of aromatic nitrogens is 2. The molecule has 0 aliphatic carbocycles. The molecule has 0 radical (unpaired) electrons. The molecule has 0 saturated heterocycles. The number of ether oxygens (including phenoxy) is 1. The van der Waals surface area contributed by atoms with Gasteiger partial charge in [-0.15, -0.1) is 0 Å². The van der Waals surface area contributed by atoms with Crippen molar-refractivity contribution in [1.29, 1.82) is 0 Å². The molecule has 0 aliphatic heterocycles. The summed E-state index contributed by atoms with van der Waals surface area (Å²) in [7, 11) is 0. The first-order valence-corrected chi connectivity index (χ1v) is 6.76. The number of anilines is 1. The van der Waals surface area contributed by atoms with Crippen LogP contribution in [-0.4, -0.2) is 41.3 Å². The fourth-order valence-electron chi connectivity index (χ4n) is 1.63. The van der Waals surface area contributed by atoms with Crippen LogP contribution in [0.15, 0.2) is 17.8 Å². The van der Waals surface area contributed by atoms with Crippen LogP contribution >= 0.6 is 0 Å². The van der Waals surface area contributed by atoms with Gasteiger partial charge in [0.05, 0.1) is 17.9 Å². The molecule has 0 unspecified atom stereocenters. The van der Waals surface area contributed by atoms with Crippen LogP contribution in [0.3, 0.4) is 0 Å². The summed E-state index contributed by atoms with van der Waals surface area (Å²) in [6.45, 7) is 3.67. The molecule has 0 aliphatic rings. The van der Waals surface area contributed by atoms with Gasteiger partial charge in [0.2, 0.25) is 5.95 Å². The summed E-state index contributed by atoms with van der Waals surface area (Å²) in [5.74, 6) is -1.05. The van der Waals surface area contributed by atoms with Crippen LogP contribution in [0.5, 0.6) is 0 Å². The second kappa shape index (κ2) is 8.63. The smallest absolute Gasteiger partial charge is 0.341 e. The van der Waals surface area contributed by atoms with Crippen molar-refractivity contribution in [1.82, 2.24) is 9.97 Å². The van der Waals surface area contributed by atoms with E-state index in [1.165, 1.54) is 6.20 Å². The maximum Gasteiger partial charge on any atom is 0.341 e. The molecule has 3 N–H and O–H groups in total. The van der Waals surface area contributed by atoms with E-state index in [0.717, 1.165) is 6.08 Å². The molecule has 1 aromatic rings. The lowest BCUT2D eigenvalue weighted by Crippen LogP contribution is -2.22. The molecule has 1 rings (SSSR count). The minimum Gasteiger partial charge on any atom is -0.462 e. The summed E-state index contributed by atoms with van der Waals surface area (Å²) in [5, 5.41) is 2.43. The van der Waals surface area contributed by atoms with Gasteiger partial charge in [-0.2, -0.15) is 0 Å². The first-order valence-electron chi connectivity index (χ1n) is 6.76. The van der Waals surface area contributed by atoms with Crippen molar-refractivity contribution < 1.29 is 19.1 Å². The van der Waals surface area contributed by atoms with Gasteiger partial charge in [0.1, 0.15) is 6.29 Å². The van der Waals surface area contributed by atoms with Crippen molar-refractivity contribution in [2.24, 2.45) is 5.73 Å². The first kappa shape index (κ1) is 17.4. The van der Waals surface area contributed by atoms with Crippen LogP contribution in [0.1, 0.15) is 29.9 Å². The van der Waals surface area contributed by atoms with E-state index in [-0.39, 0.29) is 30.2 Å². The molecule has 0 spiro atoms. The highest BCUT2D eigenvalue weighted by Crippen LogP contribution is 2.11. The number of hydrogen-bond donors (Lipinski definition) is 2. The number of allylic oxidation sites excluding steroid dienone is 1. The predicted molar refractivity (Wildman–Crippen MR) is 79.2 cm³/mol. The largest absolute Gasteiger partial charge is 0.462 e. The Balaban J connectivity index is 2.99. The summed E-state index contributed by atoms with van der Waals surface area (Å²) >= 11 is 0. The Labute approximate surface area is 127 Å². The fourth-order valence-corrected chi connectivity index (χ4v) is 1.63. The van der Waals surface area contributed by atoms with E-state index >= 15 is 0 Å². The molecule has 0 saturated carbocycles. The monoisotopic (exact) mass is 306 g/mol. The van der Waals surface area contributed by atoms with Gasteiger partial charge >= 0.3 is 5.97 Å². The summed E-state index contributed by atoms with van der Waals surface area (Å²) in [6.07, 6.45) is 3.31. The van der Waals surface area contributed by atoms with Crippen LogP contribution in [0.2, 0.25) is 0 Å². The molecule has 118 valence electrons. The number of carbonyl (C=O) groups excluding carboxylic acids is 3. The van der Waals surface area contributed by atoms with E-state index in [4.69, 9.17) is 10.5 Å². The van der Waals surface area contributed by atoms with Crippen LogP contribution in [0.25, 0.3) is 0 Å². The van der Waals surface area contributed by atoms with Gasteiger partial charge in [-0.25, -0.2) is 14.8 Å². The lowest BCUT2D eigenvalue weighted by atomic mass is 10.2. The maximum atomic E-state index is 11.9. The highest BCUT2D eigenvalue weighted by Gasteiger charge is 2.16. The molecular formula is C14H18N4O4. The third kappa shape index (κ3) is 4.45. The maximum absolute atomic E-state index is 11.9.